The number of hydrogen-bond acceptors (Lipinski definition) is 5. The van der Waals surface area contributed by atoms with Crippen molar-refractivity contribution in [1.29, 1.82) is 0 Å². The summed E-state index contributed by atoms with van der Waals surface area (Å²) in [5, 5.41) is 15.5. The molecule has 0 aliphatic heterocycles. The summed E-state index contributed by atoms with van der Waals surface area (Å²) >= 11 is 6.32. The van der Waals surface area contributed by atoms with Gasteiger partial charge in [-0.3, -0.25) is 9.59 Å². The Hall–Kier alpha value is -3.10. The Morgan fingerprint density at radius 3 is 2.31 bits per heavy atom. The van der Waals surface area contributed by atoms with Gasteiger partial charge in [0.1, 0.15) is 17.7 Å². The second-order valence-electron chi connectivity index (χ2n) is 9.24. The zero-order valence-corrected chi connectivity index (χ0v) is 21.8. The number of aliphatic hydroxyl groups is 1. The van der Waals surface area contributed by atoms with E-state index < -0.39 is 42.2 Å². The number of alkyl carbamates (subject to hydrolysis) is 1. The minimum atomic E-state index is -1.30. The highest BCUT2D eigenvalue weighted by Gasteiger charge is 2.35. The number of ether oxygens (including phenoxy) is 1. The van der Waals surface area contributed by atoms with Crippen molar-refractivity contribution in [2.45, 2.75) is 59.2 Å². The lowest BCUT2D eigenvalue weighted by Gasteiger charge is -2.33. The van der Waals surface area contributed by atoms with E-state index >= 15 is 0 Å². The number of halogens is 1. The molecule has 9 heteroatoms. The lowest BCUT2D eigenvalue weighted by molar-refractivity contribution is -0.141. The Labute approximate surface area is 211 Å². The SMILES string of the molecule is CCN(C(=O)C(CO)NC(=O)OC(C)(C)C)C(C(=O)Nc1c(C)cccc1Cl)c1cccc(C)c1. The highest BCUT2D eigenvalue weighted by molar-refractivity contribution is 6.34. The van der Waals surface area contributed by atoms with E-state index in [4.69, 9.17) is 16.3 Å². The van der Waals surface area contributed by atoms with Crippen LogP contribution in [-0.2, 0) is 14.3 Å². The molecule has 8 nitrogen and oxygen atoms in total. The van der Waals surface area contributed by atoms with Crippen LogP contribution in [-0.4, -0.2) is 52.7 Å². The number of carbonyl (C=O) groups excluding carboxylic acids is 3. The van der Waals surface area contributed by atoms with Gasteiger partial charge in [-0.1, -0.05) is 53.6 Å². The molecule has 0 bridgehead atoms. The summed E-state index contributed by atoms with van der Waals surface area (Å²) < 4.78 is 5.22. The number of carbonyl (C=O) groups is 3. The first-order valence-corrected chi connectivity index (χ1v) is 11.8. The molecule has 0 aromatic heterocycles. The number of para-hydroxylation sites is 1. The highest BCUT2D eigenvalue weighted by atomic mass is 35.5. The van der Waals surface area contributed by atoms with Crippen molar-refractivity contribution in [1.82, 2.24) is 10.2 Å². The monoisotopic (exact) mass is 503 g/mol. The Morgan fingerprint density at radius 2 is 1.77 bits per heavy atom. The minimum absolute atomic E-state index is 0.138. The molecule has 2 unspecified atom stereocenters. The van der Waals surface area contributed by atoms with Crippen LogP contribution in [0.25, 0.3) is 0 Å². The second kappa shape index (κ2) is 12.0. The number of nitrogens with one attached hydrogen (secondary N) is 2. The van der Waals surface area contributed by atoms with E-state index in [1.165, 1.54) is 4.90 Å². The first-order chi connectivity index (χ1) is 16.4. The van der Waals surface area contributed by atoms with Gasteiger partial charge in [0.25, 0.3) is 5.91 Å². The molecule has 2 aromatic rings. The number of nitrogens with zero attached hydrogens (tertiary/aromatic N) is 1. The number of hydrogen-bond donors (Lipinski definition) is 3. The summed E-state index contributed by atoms with van der Waals surface area (Å²) in [5.41, 5.74) is 1.92. The number of rotatable bonds is 8. The molecule has 0 heterocycles. The summed E-state index contributed by atoms with van der Waals surface area (Å²) in [6.07, 6.45) is -0.843. The number of amides is 3. The fourth-order valence-electron chi connectivity index (χ4n) is 3.60. The molecule has 0 saturated carbocycles. The Morgan fingerprint density at radius 1 is 1.11 bits per heavy atom. The third-order valence-electron chi connectivity index (χ3n) is 5.18. The molecule has 2 rings (SSSR count). The zero-order valence-electron chi connectivity index (χ0n) is 21.0. The van der Waals surface area contributed by atoms with Gasteiger partial charge in [0.15, 0.2) is 0 Å². The third kappa shape index (κ3) is 7.70. The average Bonchev–Trinajstić information content (AvgIpc) is 2.76. The maximum absolute atomic E-state index is 13.6. The molecule has 2 aromatic carbocycles. The summed E-state index contributed by atoms with van der Waals surface area (Å²) in [6.45, 7) is 9.96. The van der Waals surface area contributed by atoms with Gasteiger partial charge in [0.2, 0.25) is 5.91 Å². The molecule has 0 aliphatic rings. The van der Waals surface area contributed by atoms with Gasteiger partial charge in [0, 0.05) is 6.54 Å². The van der Waals surface area contributed by atoms with Gasteiger partial charge in [-0.05, 0) is 58.7 Å². The molecule has 3 N–H and O–H groups in total. The Kier molecular flexibility index (Phi) is 9.68. The van der Waals surface area contributed by atoms with Gasteiger partial charge in [-0.25, -0.2) is 4.79 Å². The van der Waals surface area contributed by atoms with Crippen molar-refractivity contribution in [3.8, 4) is 0 Å². The number of benzene rings is 2. The topological polar surface area (TPSA) is 108 Å². The molecule has 35 heavy (non-hydrogen) atoms. The van der Waals surface area contributed by atoms with Gasteiger partial charge in [-0.15, -0.1) is 0 Å². The molecule has 190 valence electrons. The number of aryl methyl sites for hydroxylation is 2. The Bertz CT molecular complexity index is 1050. The van der Waals surface area contributed by atoms with E-state index in [-0.39, 0.29) is 6.54 Å². The average molecular weight is 504 g/mol. The van der Waals surface area contributed by atoms with Gasteiger partial charge < -0.3 is 25.4 Å². The Balaban J connectivity index is 2.43. The first-order valence-electron chi connectivity index (χ1n) is 11.4. The number of anilines is 1. The molecule has 0 aliphatic carbocycles. The third-order valence-corrected chi connectivity index (χ3v) is 5.50. The van der Waals surface area contributed by atoms with Crippen molar-refractivity contribution in [2.75, 3.05) is 18.5 Å². The van der Waals surface area contributed by atoms with E-state index in [1.54, 1.807) is 52.0 Å². The maximum atomic E-state index is 13.6. The van der Waals surface area contributed by atoms with Crippen molar-refractivity contribution >= 4 is 35.2 Å². The van der Waals surface area contributed by atoms with Crippen LogP contribution in [0.15, 0.2) is 42.5 Å². The number of aliphatic hydroxyl groups excluding tert-OH is 1. The normalized spacial score (nSPS) is 12.9. The molecule has 0 saturated heterocycles. The standard InChI is InChI=1S/C26H34ClN3O5/c1-7-30(24(33)20(15-31)28-25(34)35-26(4,5)6)22(18-12-8-10-16(2)14-18)23(32)29-21-17(3)11-9-13-19(21)27/h8-14,20,22,31H,7,15H2,1-6H3,(H,28,34)(H,29,32). The molecule has 3 amide bonds. The van der Waals surface area contributed by atoms with Crippen LogP contribution in [0.1, 0.15) is 50.4 Å². The van der Waals surface area contributed by atoms with E-state index in [2.05, 4.69) is 10.6 Å². The molecular formula is C26H34ClN3O5. The minimum Gasteiger partial charge on any atom is -0.444 e. The molecule has 2 atom stereocenters. The van der Waals surface area contributed by atoms with Crippen LogP contribution >= 0.6 is 11.6 Å². The van der Waals surface area contributed by atoms with Gasteiger partial charge in [-0.2, -0.15) is 0 Å². The van der Waals surface area contributed by atoms with Crippen LogP contribution in [0.2, 0.25) is 5.02 Å². The van der Waals surface area contributed by atoms with Crippen molar-refractivity contribution < 1.29 is 24.2 Å². The predicted octanol–water partition coefficient (Wildman–Crippen LogP) is 4.37. The lowest BCUT2D eigenvalue weighted by Crippen LogP contribution is -2.53. The van der Waals surface area contributed by atoms with E-state index in [0.29, 0.717) is 16.3 Å². The molecule has 0 radical (unpaired) electrons. The van der Waals surface area contributed by atoms with Gasteiger partial charge >= 0.3 is 6.09 Å². The van der Waals surface area contributed by atoms with Crippen molar-refractivity contribution in [3.05, 3.63) is 64.2 Å². The smallest absolute Gasteiger partial charge is 0.408 e. The van der Waals surface area contributed by atoms with E-state index in [0.717, 1.165) is 11.1 Å². The maximum Gasteiger partial charge on any atom is 0.408 e. The van der Waals surface area contributed by atoms with E-state index in [9.17, 15) is 19.5 Å². The fourth-order valence-corrected chi connectivity index (χ4v) is 3.87. The summed E-state index contributed by atoms with van der Waals surface area (Å²) in [7, 11) is 0. The van der Waals surface area contributed by atoms with Crippen molar-refractivity contribution in [3.63, 3.8) is 0 Å². The summed E-state index contributed by atoms with van der Waals surface area (Å²) in [5.74, 6) is -1.10. The van der Waals surface area contributed by atoms with Crippen molar-refractivity contribution in [2.24, 2.45) is 0 Å². The zero-order chi connectivity index (χ0) is 26.3. The van der Waals surface area contributed by atoms with E-state index in [1.807, 2.05) is 32.0 Å². The first kappa shape index (κ1) is 28.1. The lowest BCUT2D eigenvalue weighted by atomic mass is 10.0. The van der Waals surface area contributed by atoms with Crippen LogP contribution in [0, 0.1) is 13.8 Å². The second-order valence-corrected chi connectivity index (χ2v) is 9.65. The van der Waals surface area contributed by atoms with Gasteiger partial charge in [0.05, 0.1) is 17.3 Å². The molecule has 0 spiro atoms. The molecular weight excluding hydrogens is 470 g/mol. The van der Waals surface area contributed by atoms with Crippen LogP contribution in [0.3, 0.4) is 0 Å². The van der Waals surface area contributed by atoms with Crippen LogP contribution in [0.4, 0.5) is 10.5 Å². The molecule has 0 fully saturated rings. The largest absolute Gasteiger partial charge is 0.444 e. The highest BCUT2D eigenvalue weighted by Crippen LogP contribution is 2.29. The van der Waals surface area contributed by atoms with Crippen LogP contribution < -0.4 is 10.6 Å². The summed E-state index contributed by atoms with van der Waals surface area (Å²) in [6, 6.07) is 10.2. The summed E-state index contributed by atoms with van der Waals surface area (Å²) in [4.78, 5) is 40.7. The van der Waals surface area contributed by atoms with Crippen LogP contribution in [0.5, 0.6) is 0 Å². The quantitative estimate of drug-likeness (QED) is 0.495. The fraction of sp³-hybridized carbons (Fsp3) is 0.423. The number of likely N-dealkylation sites (N-methyl/N-ethyl adjacent to an activating group) is 1. The predicted molar refractivity (Wildman–Crippen MR) is 136 cm³/mol.